The minimum Gasteiger partial charge on any atom is -0.368 e. The van der Waals surface area contributed by atoms with E-state index >= 15 is 0 Å². The number of nitrogens with one attached hydrogen (secondary N) is 2. The van der Waals surface area contributed by atoms with Crippen LogP contribution in [0.1, 0.15) is 98.7 Å². The van der Waals surface area contributed by atoms with Crippen molar-refractivity contribution in [3.63, 3.8) is 0 Å². The van der Waals surface area contributed by atoms with E-state index in [0.29, 0.717) is 47.9 Å². The predicted octanol–water partition coefficient (Wildman–Crippen LogP) is 7.39. The normalized spacial score (nSPS) is 24.8. The van der Waals surface area contributed by atoms with Gasteiger partial charge in [-0.1, -0.05) is 80.2 Å². The lowest BCUT2D eigenvalue weighted by molar-refractivity contribution is -0.124. The minimum absolute atomic E-state index is 0. The van der Waals surface area contributed by atoms with E-state index in [1.54, 1.807) is 0 Å². The van der Waals surface area contributed by atoms with Crippen molar-refractivity contribution < 1.29 is 24.0 Å². The van der Waals surface area contributed by atoms with Gasteiger partial charge in [0.2, 0.25) is 5.91 Å². The Kier molecular flexibility index (Phi) is 7.07. The lowest BCUT2D eigenvalue weighted by Crippen LogP contribution is -2.55. The summed E-state index contributed by atoms with van der Waals surface area (Å²) in [7, 11) is 0. The second-order valence-electron chi connectivity index (χ2n) is 19.3. The molecule has 6 aliphatic rings. The number of imide groups is 2. The maximum Gasteiger partial charge on any atom is 0.259 e. The van der Waals surface area contributed by atoms with Gasteiger partial charge in [0.15, 0.2) is 0 Å². The van der Waals surface area contributed by atoms with Gasteiger partial charge in [-0.3, -0.25) is 34.6 Å². The molecule has 16 rings (SSSR count). The van der Waals surface area contributed by atoms with Crippen LogP contribution < -0.4 is 27.8 Å². The summed E-state index contributed by atoms with van der Waals surface area (Å²) in [5.41, 5.74) is 26.3. The van der Waals surface area contributed by atoms with Crippen LogP contribution in [-0.2, 0) is 4.79 Å². The number of benzene rings is 6. The second-order valence-corrected chi connectivity index (χ2v) is 19.3. The molecule has 6 aromatic carbocycles. The molecular weight excluding hydrogens is 857 g/mol. The molecular formula is C53H40N10O5. The first-order chi connectivity index (χ1) is 32.4. The zero-order valence-corrected chi connectivity index (χ0v) is 35.4. The fourth-order valence-electron chi connectivity index (χ4n) is 13.9. The van der Waals surface area contributed by atoms with E-state index in [1.807, 2.05) is 91.0 Å². The van der Waals surface area contributed by atoms with Gasteiger partial charge >= 0.3 is 0 Å². The number of nitrogens with zero attached hydrogens (tertiary/aromatic N) is 5. The predicted molar refractivity (Wildman–Crippen MR) is 258 cm³/mol. The molecule has 0 spiro atoms. The number of nitriles is 1. The van der Waals surface area contributed by atoms with E-state index in [-0.39, 0.29) is 49.3 Å². The average molecular weight is 897 g/mol. The molecule has 15 nitrogen and oxygen atoms in total. The van der Waals surface area contributed by atoms with E-state index in [0.717, 1.165) is 87.2 Å². The fourth-order valence-corrected chi connectivity index (χ4v) is 13.9. The van der Waals surface area contributed by atoms with Crippen LogP contribution in [0.3, 0.4) is 0 Å². The van der Waals surface area contributed by atoms with Crippen molar-refractivity contribution in [1.82, 2.24) is 28.9 Å². The zero-order valence-electron chi connectivity index (χ0n) is 35.4. The Hall–Kier alpha value is -8.32. The van der Waals surface area contributed by atoms with Crippen LogP contribution in [0.5, 0.6) is 0 Å². The number of fused-ring (bicyclic) bond motifs is 26. The molecule has 332 valence electrons. The standard InChI is InChI=1S/C26H19N5O3.C26H17N5O2.CH4/c27-25(34)26(28)10-11-9-16(26)31-15-8-4-2-6-13(15)18-20-19(23(32)29-24(20)33)17-12-5-1-3-7-14(12)30(11)21(17)22(18)31;27-11-26(28)10-12-9-17(26)31-16-8-4-2-6-14(16)19-21-20(24(32)29-25(21)33)18-13-5-1-3-7-15(13)30(12)22(18)23(19)31;/h1-8,11,16H,9-10,28H2,(H2,27,34)(H,29,32,33);1-8,12,17H,9-10,28H2,(H,29,32,33);1H4/t11?,16?,26-;12?,17?,26-;/m01./s1. The topological polar surface area (TPSA) is 231 Å². The summed E-state index contributed by atoms with van der Waals surface area (Å²) < 4.78 is 8.83. The van der Waals surface area contributed by atoms with Gasteiger partial charge in [0.25, 0.3) is 23.6 Å². The number of hydrogen-bond donors (Lipinski definition) is 5. The molecule has 2 aliphatic carbocycles. The number of para-hydroxylation sites is 4. The molecule has 2 saturated carbocycles. The second kappa shape index (κ2) is 12.4. The number of carbonyl (C=O) groups is 5. The Balaban J connectivity index is 0.000000127. The summed E-state index contributed by atoms with van der Waals surface area (Å²) in [6.07, 6.45) is 2.26. The number of amides is 5. The SMILES string of the molecule is C.N#C[C@]1(N)CC2CC1n1c3ccccc3c3c4c(c5c6ccccc6n2c5c31)C(=O)NC4=O.NC(=O)[C@]1(N)CC2CC1n1c3ccccc3c3c4c(c5c6ccccc6n2c5c31)C(=O)NC4=O. The lowest BCUT2D eigenvalue weighted by Gasteiger charge is -2.31. The molecule has 8 N–H and O–H groups in total. The molecule has 5 amide bonds. The van der Waals surface area contributed by atoms with E-state index in [9.17, 15) is 29.2 Å². The summed E-state index contributed by atoms with van der Waals surface area (Å²) in [6, 6.07) is 33.4. The molecule has 68 heavy (non-hydrogen) atoms. The Bertz CT molecular complexity index is 4220. The third-order valence-corrected chi connectivity index (χ3v) is 16.3. The molecule has 6 atom stereocenters. The largest absolute Gasteiger partial charge is 0.368 e. The maximum atomic E-state index is 13.2. The fraction of sp³-hybridized carbons (Fsp3) is 0.208. The van der Waals surface area contributed by atoms with Gasteiger partial charge in [-0.2, -0.15) is 5.26 Å². The summed E-state index contributed by atoms with van der Waals surface area (Å²) >= 11 is 0. The Morgan fingerprint density at radius 2 is 0.853 bits per heavy atom. The summed E-state index contributed by atoms with van der Waals surface area (Å²) in [6.45, 7) is 0. The number of carbonyl (C=O) groups excluding carboxylic acids is 5. The number of nitrogens with two attached hydrogens (primary N) is 3. The molecule has 15 heteroatoms. The molecule has 8 heterocycles. The first kappa shape index (κ1) is 38.9. The molecule has 10 aromatic rings. The number of primary amides is 1. The first-order valence-electron chi connectivity index (χ1n) is 22.5. The molecule has 4 aliphatic heterocycles. The van der Waals surface area contributed by atoms with Crippen LogP contribution in [0.2, 0.25) is 0 Å². The van der Waals surface area contributed by atoms with Crippen molar-refractivity contribution in [2.75, 3.05) is 0 Å². The summed E-state index contributed by atoms with van der Waals surface area (Å²) in [5, 5.41) is 21.9. The van der Waals surface area contributed by atoms with Gasteiger partial charge in [-0.15, -0.1) is 0 Å². The van der Waals surface area contributed by atoms with Gasteiger partial charge in [0.1, 0.15) is 11.1 Å². The van der Waals surface area contributed by atoms with Crippen molar-refractivity contribution in [1.29, 1.82) is 5.26 Å². The van der Waals surface area contributed by atoms with Crippen molar-refractivity contribution in [2.45, 2.75) is 68.4 Å². The quantitative estimate of drug-likeness (QED) is 0.104. The highest BCUT2D eigenvalue weighted by Crippen LogP contribution is 2.58. The van der Waals surface area contributed by atoms with Crippen molar-refractivity contribution in [3.05, 3.63) is 119 Å². The third-order valence-electron chi connectivity index (χ3n) is 16.3. The molecule has 4 unspecified atom stereocenters. The maximum absolute atomic E-state index is 13.2. The van der Waals surface area contributed by atoms with E-state index in [1.165, 1.54) is 0 Å². The van der Waals surface area contributed by atoms with Crippen LogP contribution in [-0.4, -0.2) is 58.9 Å². The van der Waals surface area contributed by atoms with Crippen molar-refractivity contribution >= 4 is 117 Å². The van der Waals surface area contributed by atoms with Crippen molar-refractivity contribution in [3.8, 4) is 6.07 Å². The molecule has 0 saturated heterocycles. The molecule has 4 bridgehead atoms. The van der Waals surface area contributed by atoms with E-state index in [2.05, 4.69) is 41.0 Å². The summed E-state index contributed by atoms with van der Waals surface area (Å²) in [4.78, 5) is 65.4. The molecule has 2 fully saturated rings. The smallest absolute Gasteiger partial charge is 0.259 e. The number of rotatable bonds is 1. The monoisotopic (exact) mass is 896 g/mol. The highest BCUT2D eigenvalue weighted by Gasteiger charge is 2.55. The van der Waals surface area contributed by atoms with Gasteiger partial charge < -0.3 is 35.5 Å². The zero-order chi connectivity index (χ0) is 45.3. The van der Waals surface area contributed by atoms with Gasteiger partial charge in [-0.05, 0) is 43.5 Å². The highest BCUT2D eigenvalue weighted by atomic mass is 16.2. The van der Waals surface area contributed by atoms with Crippen LogP contribution in [0.15, 0.2) is 97.1 Å². The van der Waals surface area contributed by atoms with Crippen LogP contribution in [0, 0.1) is 11.3 Å². The van der Waals surface area contributed by atoms with Crippen LogP contribution >= 0.6 is 0 Å². The van der Waals surface area contributed by atoms with Gasteiger partial charge in [0, 0.05) is 83.7 Å². The molecule has 4 aromatic heterocycles. The van der Waals surface area contributed by atoms with Gasteiger partial charge in [-0.25, -0.2) is 0 Å². The van der Waals surface area contributed by atoms with Crippen molar-refractivity contribution in [2.24, 2.45) is 17.2 Å². The van der Waals surface area contributed by atoms with E-state index < -0.39 is 22.9 Å². The highest BCUT2D eigenvalue weighted by molar-refractivity contribution is 6.41. The van der Waals surface area contributed by atoms with Gasteiger partial charge in [0.05, 0.1) is 62.5 Å². The average Bonchev–Trinajstić information content (AvgIpc) is 4.19. The minimum atomic E-state index is -1.24. The van der Waals surface area contributed by atoms with E-state index in [4.69, 9.17) is 17.2 Å². The van der Waals surface area contributed by atoms with Crippen LogP contribution in [0.4, 0.5) is 0 Å². The summed E-state index contributed by atoms with van der Waals surface area (Å²) in [5.74, 6) is -2.02. The number of hydrogen-bond acceptors (Lipinski definition) is 8. The first-order valence-corrected chi connectivity index (χ1v) is 22.5. The Morgan fingerprint density at radius 1 is 0.529 bits per heavy atom. The molecule has 0 radical (unpaired) electrons. The lowest BCUT2D eigenvalue weighted by atomic mass is 9.92. The third kappa shape index (κ3) is 4.17. The Morgan fingerprint density at radius 3 is 1.24 bits per heavy atom. The Labute approximate surface area is 384 Å². The van der Waals surface area contributed by atoms with Crippen LogP contribution in [0.25, 0.3) is 87.2 Å². The number of aromatic nitrogens is 4.